The number of rotatable bonds is 4. The maximum Gasteiger partial charge on any atom is 0.354 e. The third-order valence-electron chi connectivity index (χ3n) is 5.84. The molecule has 0 saturated heterocycles. The summed E-state index contributed by atoms with van der Waals surface area (Å²) in [7, 11) is -2.09. The Kier molecular flexibility index (Phi) is 5.64. The minimum Gasteiger partial charge on any atom is -0.493 e. The van der Waals surface area contributed by atoms with Crippen LogP contribution in [-0.2, 0) is 22.9 Å². The fourth-order valence-corrected chi connectivity index (χ4v) is 5.18. The van der Waals surface area contributed by atoms with Crippen LogP contribution in [0.2, 0.25) is 0 Å². The van der Waals surface area contributed by atoms with Crippen LogP contribution < -0.4 is 24.7 Å². The molecule has 2 amide bonds. The van der Waals surface area contributed by atoms with E-state index < -0.39 is 15.9 Å². The van der Waals surface area contributed by atoms with Crippen LogP contribution in [0.5, 0.6) is 17.5 Å². The van der Waals surface area contributed by atoms with Gasteiger partial charge in [0.2, 0.25) is 11.8 Å². The molecule has 184 valence electrons. The highest BCUT2D eigenvalue weighted by atomic mass is 32.2. The normalized spacial score (nSPS) is 17.3. The molecule has 2 aliphatic rings. The predicted octanol–water partition coefficient (Wildman–Crippen LogP) is 3.24. The summed E-state index contributed by atoms with van der Waals surface area (Å²) < 4.78 is 35.4. The van der Waals surface area contributed by atoms with E-state index >= 15 is 0 Å². The fourth-order valence-electron chi connectivity index (χ4n) is 4.18. The zero-order chi connectivity index (χ0) is 24.8. The molecule has 0 unspecified atom stereocenters. The number of nitrogens with two attached hydrogens (primary N) is 1. The highest BCUT2D eigenvalue weighted by molar-refractivity contribution is 7.91. The lowest BCUT2D eigenvalue weighted by molar-refractivity contribution is 0.0972. The van der Waals surface area contributed by atoms with Gasteiger partial charge >= 0.3 is 6.03 Å². The van der Waals surface area contributed by atoms with Gasteiger partial charge in [-0.05, 0) is 23.8 Å². The van der Waals surface area contributed by atoms with Gasteiger partial charge in [-0.3, -0.25) is 0 Å². The zero-order valence-corrected chi connectivity index (χ0v) is 20.4. The van der Waals surface area contributed by atoms with Gasteiger partial charge in [0.25, 0.3) is 0 Å². The van der Waals surface area contributed by atoms with Crippen molar-refractivity contribution in [2.24, 2.45) is 14.9 Å². The number of aromatic nitrogens is 3. The van der Waals surface area contributed by atoms with Crippen LogP contribution in [0.25, 0.3) is 11.1 Å². The van der Waals surface area contributed by atoms with Crippen LogP contribution in [0.15, 0.2) is 45.9 Å². The summed E-state index contributed by atoms with van der Waals surface area (Å²) in [6.07, 6.45) is 3.56. The predicted molar refractivity (Wildman–Crippen MR) is 129 cm³/mol. The zero-order valence-electron chi connectivity index (χ0n) is 19.6. The Hall–Kier alpha value is -3.64. The van der Waals surface area contributed by atoms with Crippen molar-refractivity contribution in [1.29, 1.82) is 0 Å². The summed E-state index contributed by atoms with van der Waals surface area (Å²) in [5.41, 5.74) is 2.68. The number of fused-ring (bicyclic) bond motifs is 2. The minimum atomic E-state index is -3.62. The molecule has 0 aliphatic carbocycles. The molecule has 5 rings (SSSR count). The molecule has 35 heavy (non-hydrogen) atoms. The van der Waals surface area contributed by atoms with Crippen LogP contribution in [0.4, 0.5) is 10.5 Å². The SMILES string of the molecule is COc1cc(-c2ccc3c(c2NC(=O)N=[S@](N)(=O)c2cnn4c2OCC(C)(C)C4)CCO3)ccn1. The number of hydrogen-bond donors (Lipinski definition) is 2. The molecule has 4 heterocycles. The molecule has 0 fully saturated rings. The average Bonchev–Trinajstić information content (AvgIpc) is 3.45. The number of carbonyl (C=O) groups excluding carboxylic acids is 1. The van der Waals surface area contributed by atoms with E-state index in [0.717, 1.165) is 16.7 Å². The number of amides is 2. The summed E-state index contributed by atoms with van der Waals surface area (Å²) >= 11 is 0. The standard InChI is InChI=1S/C23H26N6O5S/c1-23(2)12-29-21(34-13-23)18(11-26-29)35(24,31)28-22(30)27-20-15(4-5-17-16(20)7-9-33-17)14-6-8-25-19(10-14)32-3/h4-6,8,10-11H,7,9,12-13H2,1-3H3,(H3,24,27,28,30,31)/t35-/m0/s1. The molecule has 12 heteroatoms. The van der Waals surface area contributed by atoms with Crippen LogP contribution in [0.1, 0.15) is 19.4 Å². The van der Waals surface area contributed by atoms with Crippen molar-refractivity contribution in [2.45, 2.75) is 31.7 Å². The number of nitrogens with one attached hydrogen (secondary N) is 1. The monoisotopic (exact) mass is 498 g/mol. The molecule has 0 saturated carbocycles. The molecule has 1 atom stereocenters. The van der Waals surface area contributed by atoms with Gasteiger partial charge in [0.05, 0.1) is 38.8 Å². The Morgan fingerprint density at radius 3 is 2.94 bits per heavy atom. The van der Waals surface area contributed by atoms with Gasteiger partial charge in [-0.1, -0.05) is 13.8 Å². The smallest absolute Gasteiger partial charge is 0.354 e. The number of anilines is 1. The van der Waals surface area contributed by atoms with Crippen molar-refractivity contribution in [1.82, 2.24) is 14.8 Å². The molecule has 2 aliphatic heterocycles. The van der Waals surface area contributed by atoms with E-state index in [-0.39, 0.29) is 16.2 Å². The summed E-state index contributed by atoms with van der Waals surface area (Å²) in [5.74, 6) is 1.37. The van der Waals surface area contributed by atoms with E-state index in [2.05, 4.69) is 19.8 Å². The van der Waals surface area contributed by atoms with Gasteiger partial charge in [-0.25, -0.2) is 23.8 Å². The first kappa shape index (κ1) is 23.1. The third kappa shape index (κ3) is 4.42. The third-order valence-corrected chi connectivity index (χ3v) is 7.18. The van der Waals surface area contributed by atoms with Crippen LogP contribution in [0.3, 0.4) is 0 Å². The van der Waals surface area contributed by atoms with Gasteiger partial charge in [-0.2, -0.15) is 5.10 Å². The molecule has 2 aromatic heterocycles. The van der Waals surface area contributed by atoms with Crippen molar-refractivity contribution < 1.29 is 23.2 Å². The Morgan fingerprint density at radius 2 is 2.14 bits per heavy atom. The van der Waals surface area contributed by atoms with E-state index in [1.54, 1.807) is 23.0 Å². The quantitative estimate of drug-likeness (QED) is 0.562. The molecule has 0 bridgehead atoms. The second-order valence-corrected chi connectivity index (χ2v) is 10.9. The number of benzene rings is 1. The van der Waals surface area contributed by atoms with Crippen LogP contribution in [0, 0.1) is 5.41 Å². The number of pyridine rings is 1. The summed E-state index contributed by atoms with van der Waals surface area (Å²) in [6.45, 7) is 5.53. The first-order valence-corrected chi connectivity index (χ1v) is 12.6. The lowest BCUT2D eigenvalue weighted by Crippen LogP contribution is -2.33. The molecule has 3 aromatic rings. The Morgan fingerprint density at radius 1 is 1.31 bits per heavy atom. The van der Waals surface area contributed by atoms with Gasteiger partial charge in [0.15, 0.2) is 9.92 Å². The second kappa shape index (κ2) is 8.54. The van der Waals surface area contributed by atoms with Crippen molar-refractivity contribution in [3.8, 4) is 28.6 Å². The Balaban J connectivity index is 1.50. The van der Waals surface area contributed by atoms with E-state index in [1.807, 2.05) is 26.0 Å². The summed E-state index contributed by atoms with van der Waals surface area (Å²) in [6, 6.07) is 6.39. The average molecular weight is 499 g/mol. The van der Waals surface area contributed by atoms with E-state index in [1.165, 1.54) is 13.3 Å². The largest absolute Gasteiger partial charge is 0.493 e. The Bertz CT molecular complexity index is 1440. The maximum absolute atomic E-state index is 13.3. The second-order valence-electron chi connectivity index (χ2n) is 9.16. The number of hydrogen-bond acceptors (Lipinski definition) is 7. The topological polar surface area (TPSA) is 143 Å². The van der Waals surface area contributed by atoms with Crippen molar-refractivity contribution in [3.05, 3.63) is 42.2 Å². The number of ether oxygens (including phenoxy) is 3. The van der Waals surface area contributed by atoms with Crippen LogP contribution >= 0.6 is 0 Å². The van der Waals surface area contributed by atoms with E-state index in [9.17, 15) is 9.00 Å². The number of urea groups is 1. The molecule has 0 spiro atoms. The van der Waals surface area contributed by atoms with Crippen LogP contribution in [-0.4, -0.2) is 45.3 Å². The minimum absolute atomic E-state index is 0.0869. The first-order chi connectivity index (χ1) is 16.7. The van der Waals surface area contributed by atoms with Crippen molar-refractivity contribution in [3.63, 3.8) is 0 Å². The Labute approximate surface area is 202 Å². The lowest BCUT2D eigenvalue weighted by Gasteiger charge is -2.30. The van der Waals surface area contributed by atoms with Gasteiger partial charge < -0.3 is 19.5 Å². The van der Waals surface area contributed by atoms with Gasteiger partial charge in [0, 0.05) is 35.2 Å². The first-order valence-electron chi connectivity index (χ1n) is 11.0. The van der Waals surface area contributed by atoms with Gasteiger partial charge in [0.1, 0.15) is 10.6 Å². The highest BCUT2D eigenvalue weighted by Crippen LogP contribution is 2.40. The van der Waals surface area contributed by atoms with Gasteiger partial charge in [-0.15, -0.1) is 4.36 Å². The highest BCUT2D eigenvalue weighted by Gasteiger charge is 2.32. The van der Waals surface area contributed by atoms with E-state index in [4.69, 9.17) is 19.3 Å². The molecule has 3 N–H and O–H groups in total. The summed E-state index contributed by atoms with van der Waals surface area (Å²) in [4.78, 5) is 17.2. The van der Waals surface area contributed by atoms with Crippen molar-refractivity contribution >= 4 is 21.6 Å². The van der Waals surface area contributed by atoms with E-state index in [0.29, 0.717) is 43.5 Å². The molecule has 11 nitrogen and oxygen atoms in total. The molecular formula is C23H26N6O5S. The number of carbonyl (C=O) groups is 1. The number of methoxy groups -OCH3 is 1. The molecule has 0 radical (unpaired) electrons. The summed E-state index contributed by atoms with van der Waals surface area (Å²) in [5, 5.41) is 13.1. The maximum atomic E-state index is 13.3. The lowest BCUT2D eigenvalue weighted by atomic mass is 9.94. The van der Waals surface area contributed by atoms with Crippen molar-refractivity contribution in [2.75, 3.05) is 25.6 Å². The number of nitrogens with zero attached hydrogens (tertiary/aromatic N) is 4. The molecular weight excluding hydrogens is 472 g/mol. The molecule has 1 aromatic carbocycles. The fraction of sp³-hybridized carbons (Fsp3) is 0.348.